The average molecular weight is 266 g/mol. The number of thioether (sulfide) groups is 1. The molecule has 0 bridgehead atoms. The van der Waals surface area contributed by atoms with Crippen LogP contribution in [-0.2, 0) is 0 Å². The lowest BCUT2D eigenvalue weighted by molar-refractivity contribution is -0.385. The van der Waals surface area contributed by atoms with Gasteiger partial charge in [-0.05, 0) is 12.1 Å². The molecule has 1 heterocycles. The van der Waals surface area contributed by atoms with Gasteiger partial charge in [-0.2, -0.15) is 11.8 Å². The number of anilines is 1. The molecule has 0 saturated carbocycles. The molecule has 0 radical (unpaired) electrons. The van der Waals surface area contributed by atoms with Crippen molar-refractivity contribution in [2.75, 3.05) is 23.7 Å². The van der Waals surface area contributed by atoms with Crippen molar-refractivity contribution in [3.63, 3.8) is 0 Å². The molecule has 1 aliphatic rings. The number of rotatable bonds is 3. The summed E-state index contributed by atoms with van der Waals surface area (Å²) in [7, 11) is 0. The van der Waals surface area contributed by atoms with Gasteiger partial charge in [0.05, 0.1) is 10.5 Å². The molecule has 5 nitrogen and oxygen atoms in total. The molecule has 18 heavy (non-hydrogen) atoms. The normalized spacial score (nSPS) is 19.6. The number of aldehydes is 1. The minimum absolute atomic E-state index is 0.131. The van der Waals surface area contributed by atoms with Crippen molar-refractivity contribution >= 4 is 29.4 Å². The van der Waals surface area contributed by atoms with Gasteiger partial charge in [0, 0.05) is 35.8 Å². The molecule has 0 aliphatic carbocycles. The summed E-state index contributed by atoms with van der Waals surface area (Å²) in [5.74, 6) is 1.04. The lowest BCUT2D eigenvalue weighted by atomic mass is 10.1. The zero-order valence-corrected chi connectivity index (χ0v) is 10.9. The van der Waals surface area contributed by atoms with Gasteiger partial charge in [0.15, 0.2) is 6.29 Å². The molecule has 0 amide bonds. The average Bonchev–Trinajstić information content (AvgIpc) is 2.37. The summed E-state index contributed by atoms with van der Waals surface area (Å²) >= 11 is 1.92. The zero-order chi connectivity index (χ0) is 13.1. The molecular weight excluding hydrogens is 252 g/mol. The summed E-state index contributed by atoms with van der Waals surface area (Å²) in [6.45, 7) is 3.97. The van der Waals surface area contributed by atoms with Crippen LogP contribution in [-0.4, -0.2) is 35.3 Å². The Morgan fingerprint density at radius 2 is 2.33 bits per heavy atom. The van der Waals surface area contributed by atoms with Crippen LogP contribution in [0.2, 0.25) is 0 Å². The topological polar surface area (TPSA) is 63.4 Å². The van der Waals surface area contributed by atoms with Crippen molar-refractivity contribution in [3.8, 4) is 0 Å². The first-order chi connectivity index (χ1) is 8.61. The van der Waals surface area contributed by atoms with Gasteiger partial charge in [-0.3, -0.25) is 14.9 Å². The summed E-state index contributed by atoms with van der Waals surface area (Å²) in [5, 5.41) is 11.3. The Bertz CT molecular complexity index is 478. The van der Waals surface area contributed by atoms with E-state index in [9.17, 15) is 14.9 Å². The van der Waals surface area contributed by atoms with E-state index in [4.69, 9.17) is 0 Å². The number of benzene rings is 1. The van der Waals surface area contributed by atoms with Crippen LogP contribution < -0.4 is 4.90 Å². The van der Waals surface area contributed by atoms with Gasteiger partial charge >= 0.3 is 0 Å². The van der Waals surface area contributed by atoms with Gasteiger partial charge in [0.2, 0.25) is 0 Å². The van der Waals surface area contributed by atoms with Crippen molar-refractivity contribution in [2.24, 2.45) is 0 Å². The fraction of sp³-hybridized carbons (Fsp3) is 0.417. The standard InChI is InChI=1S/C12H14N2O3S/c1-9-7-13(4-5-18-9)11-2-3-12(14(16)17)10(6-11)8-15/h2-3,6,8-9H,4-5,7H2,1H3. The van der Waals surface area contributed by atoms with E-state index in [1.54, 1.807) is 12.1 Å². The van der Waals surface area contributed by atoms with Crippen molar-refractivity contribution in [2.45, 2.75) is 12.2 Å². The fourth-order valence-electron chi connectivity index (χ4n) is 2.05. The molecule has 1 aliphatic heterocycles. The van der Waals surface area contributed by atoms with Gasteiger partial charge in [0.1, 0.15) is 0 Å². The lowest BCUT2D eigenvalue weighted by Gasteiger charge is -2.32. The second kappa shape index (κ2) is 5.39. The Hall–Kier alpha value is -1.56. The van der Waals surface area contributed by atoms with Crippen LogP contribution in [0.3, 0.4) is 0 Å². The zero-order valence-electron chi connectivity index (χ0n) is 10.0. The Labute approximate surface area is 109 Å². The number of hydrogen-bond donors (Lipinski definition) is 0. The van der Waals surface area contributed by atoms with E-state index < -0.39 is 4.92 Å². The number of nitro groups is 1. The molecule has 96 valence electrons. The number of carbonyl (C=O) groups excluding carboxylic acids is 1. The van der Waals surface area contributed by atoms with Crippen LogP contribution in [0.25, 0.3) is 0 Å². The van der Waals surface area contributed by atoms with Crippen molar-refractivity contribution in [1.29, 1.82) is 0 Å². The van der Waals surface area contributed by atoms with E-state index in [1.165, 1.54) is 6.07 Å². The van der Waals surface area contributed by atoms with Crippen molar-refractivity contribution in [1.82, 2.24) is 0 Å². The maximum absolute atomic E-state index is 10.9. The first-order valence-corrected chi connectivity index (χ1v) is 6.77. The Kier molecular flexibility index (Phi) is 3.86. The molecule has 0 N–H and O–H groups in total. The summed E-state index contributed by atoms with van der Waals surface area (Å²) in [5.41, 5.74) is 0.895. The van der Waals surface area contributed by atoms with Gasteiger partial charge in [-0.1, -0.05) is 6.92 Å². The van der Waals surface area contributed by atoms with Crippen molar-refractivity contribution < 1.29 is 9.72 Å². The van der Waals surface area contributed by atoms with Crippen LogP contribution in [0, 0.1) is 10.1 Å². The highest BCUT2D eigenvalue weighted by Gasteiger charge is 2.20. The third-order valence-electron chi connectivity index (χ3n) is 2.94. The molecule has 1 aromatic rings. The number of carbonyl (C=O) groups is 1. The third kappa shape index (κ3) is 2.64. The van der Waals surface area contributed by atoms with E-state index in [0.717, 1.165) is 24.5 Å². The minimum Gasteiger partial charge on any atom is -0.370 e. The Morgan fingerprint density at radius 1 is 1.56 bits per heavy atom. The van der Waals surface area contributed by atoms with Crippen LogP contribution in [0.5, 0.6) is 0 Å². The maximum atomic E-state index is 10.9. The first kappa shape index (κ1) is 12.9. The second-order valence-corrected chi connectivity index (χ2v) is 5.79. The van der Waals surface area contributed by atoms with Crippen LogP contribution in [0.4, 0.5) is 11.4 Å². The molecule has 1 aromatic carbocycles. The van der Waals surface area contributed by atoms with Crippen molar-refractivity contribution in [3.05, 3.63) is 33.9 Å². The number of nitro benzene ring substituents is 1. The summed E-state index contributed by atoms with van der Waals surface area (Å²) in [6.07, 6.45) is 0.545. The third-order valence-corrected chi connectivity index (χ3v) is 4.08. The largest absolute Gasteiger partial charge is 0.370 e. The number of hydrogen-bond acceptors (Lipinski definition) is 5. The van der Waals surface area contributed by atoms with E-state index in [2.05, 4.69) is 11.8 Å². The first-order valence-electron chi connectivity index (χ1n) is 5.72. The molecule has 0 spiro atoms. The van der Waals surface area contributed by atoms with Gasteiger partial charge < -0.3 is 4.90 Å². The quantitative estimate of drug-likeness (QED) is 0.477. The van der Waals surface area contributed by atoms with E-state index in [-0.39, 0.29) is 11.3 Å². The smallest absolute Gasteiger partial charge is 0.280 e. The van der Waals surface area contributed by atoms with Gasteiger partial charge in [-0.25, -0.2) is 0 Å². The van der Waals surface area contributed by atoms with Crippen LogP contribution in [0.15, 0.2) is 18.2 Å². The van der Waals surface area contributed by atoms with Gasteiger partial charge in [-0.15, -0.1) is 0 Å². The highest BCUT2D eigenvalue weighted by Crippen LogP contribution is 2.27. The Balaban J connectivity index is 2.29. The fourth-order valence-corrected chi connectivity index (χ4v) is 3.07. The summed E-state index contributed by atoms with van der Waals surface area (Å²) < 4.78 is 0. The van der Waals surface area contributed by atoms with E-state index in [1.807, 2.05) is 11.8 Å². The van der Waals surface area contributed by atoms with Gasteiger partial charge in [0.25, 0.3) is 5.69 Å². The highest BCUT2D eigenvalue weighted by atomic mass is 32.2. The summed E-state index contributed by atoms with van der Waals surface area (Å²) in [6, 6.07) is 4.73. The monoisotopic (exact) mass is 266 g/mol. The van der Waals surface area contributed by atoms with E-state index in [0.29, 0.717) is 11.5 Å². The molecule has 1 saturated heterocycles. The number of nitrogens with zero attached hydrogens (tertiary/aromatic N) is 2. The predicted molar refractivity (Wildman–Crippen MR) is 72.6 cm³/mol. The summed E-state index contributed by atoms with van der Waals surface area (Å²) in [4.78, 5) is 23.3. The van der Waals surface area contributed by atoms with Crippen LogP contribution >= 0.6 is 11.8 Å². The molecular formula is C12H14N2O3S. The Morgan fingerprint density at radius 3 is 2.94 bits per heavy atom. The second-order valence-electron chi connectivity index (χ2n) is 4.25. The SMILES string of the molecule is CC1CN(c2ccc([N+](=O)[O-])c(C=O)c2)CCS1. The van der Waals surface area contributed by atoms with Crippen LogP contribution in [0.1, 0.15) is 17.3 Å². The molecule has 1 unspecified atom stereocenters. The van der Waals surface area contributed by atoms with E-state index >= 15 is 0 Å². The lowest BCUT2D eigenvalue weighted by Crippen LogP contribution is -2.36. The molecule has 0 aromatic heterocycles. The minimum atomic E-state index is -0.526. The molecule has 1 fully saturated rings. The predicted octanol–water partition coefficient (Wildman–Crippen LogP) is 2.35. The molecule has 2 rings (SSSR count). The molecule has 6 heteroatoms. The molecule has 1 atom stereocenters. The maximum Gasteiger partial charge on any atom is 0.280 e. The highest BCUT2D eigenvalue weighted by molar-refractivity contribution is 8.00.